The van der Waals surface area contributed by atoms with Gasteiger partial charge in [0.05, 0.1) is 5.52 Å². The van der Waals surface area contributed by atoms with Crippen LogP contribution in [-0.4, -0.2) is 18.2 Å². The lowest BCUT2D eigenvalue weighted by Gasteiger charge is -2.19. The van der Waals surface area contributed by atoms with Crippen LogP contribution >= 0.6 is 0 Å². The van der Waals surface area contributed by atoms with Gasteiger partial charge in [-0.2, -0.15) is 5.26 Å². The summed E-state index contributed by atoms with van der Waals surface area (Å²) >= 11 is 0. The number of hydrogen-bond donors (Lipinski definition) is 1. The van der Waals surface area contributed by atoms with E-state index < -0.39 is 0 Å². The molecule has 0 aliphatic carbocycles. The Hall–Kier alpha value is -2.48. The van der Waals surface area contributed by atoms with Crippen LogP contribution in [0.4, 0.5) is 5.69 Å². The van der Waals surface area contributed by atoms with Crippen molar-refractivity contribution in [2.45, 2.75) is 0 Å². The number of pyridine rings is 1. The monoisotopic (exact) mass is 227 g/mol. The van der Waals surface area contributed by atoms with Gasteiger partial charge in [-0.15, -0.1) is 0 Å². The lowest BCUT2D eigenvalue weighted by molar-refractivity contribution is 0.172. The minimum Gasteiger partial charge on any atom is -0.486 e. The second-order valence-corrected chi connectivity index (χ2v) is 3.72. The predicted octanol–water partition coefficient (Wildman–Crippen LogP) is 1.46. The Morgan fingerprint density at radius 3 is 2.59 bits per heavy atom. The first-order valence-electron chi connectivity index (χ1n) is 5.18. The maximum absolute atomic E-state index is 8.84. The predicted molar refractivity (Wildman–Crippen MR) is 61.9 cm³/mol. The van der Waals surface area contributed by atoms with E-state index in [0.717, 1.165) is 5.39 Å². The van der Waals surface area contributed by atoms with Crippen molar-refractivity contribution < 1.29 is 9.47 Å². The highest BCUT2D eigenvalue weighted by molar-refractivity contribution is 5.93. The van der Waals surface area contributed by atoms with Crippen LogP contribution in [0, 0.1) is 11.3 Å². The van der Waals surface area contributed by atoms with Gasteiger partial charge in [0.15, 0.2) is 11.5 Å². The maximum Gasteiger partial charge on any atom is 0.163 e. The molecule has 0 atom stereocenters. The SMILES string of the molecule is N#Cc1cc(N)c2cc3c(cc2n1)OCCO3. The number of anilines is 1. The number of ether oxygens (including phenoxy) is 2. The topological polar surface area (TPSA) is 81.2 Å². The van der Waals surface area contributed by atoms with Crippen LogP contribution in [0.5, 0.6) is 11.5 Å². The van der Waals surface area contributed by atoms with Crippen molar-refractivity contribution in [2.24, 2.45) is 0 Å². The molecule has 3 rings (SSSR count). The van der Waals surface area contributed by atoms with Crippen LogP contribution in [0.1, 0.15) is 5.69 Å². The zero-order valence-corrected chi connectivity index (χ0v) is 8.93. The van der Waals surface area contributed by atoms with Crippen LogP contribution < -0.4 is 15.2 Å². The molecule has 17 heavy (non-hydrogen) atoms. The molecule has 1 aliphatic heterocycles. The van der Waals surface area contributed by atoms with Crippen molar-refractivity contribution in [3.8, 4) is 17.6 Å². The van der Waals surface area contributed by atoms with Crippen molar-refractivity contribution in [2.75, 3.05) is 18.9 Å². The molecule has 5 nitrogen and oxygen atoms in total. The van der Waals surface area contributed by atoms with E-state index in [-0.39, 0.29) is 0 Å². The first-order valence-corrected chi connectivity index (χ1v) is 5.18. The van der Waals surface area contributed by atoms with Crippen LogP contribution in [0.2, 0.25) is 0 Å². The Morgan fingerprint density at radius 1 is 1.18 bits per heavy atom. The maximum atomic E-state index is 8.84. The standard InChI is InChI=1S/C12H9N3O2/c13-6-7-3-9(14)8-4-11-12(5-10(8)15-7)17-2-1-16-11/h3-5H,1-2H2,(H2,14,15). The Kier molecular flexibility index (Phi) is 2.02. The summed E-state index contributed by atoms with van der Waals surface area (Å²) in [7, 11) is 0. The summed E-state index contributed by atoms with van der Waals surface area (Å²) in [4.78, 5) is 4.19. The summed E-state index contributed by atoms with van der Waals surface area (Å²) in [6.45, 7) is 1.05. The van der Waals surface area contributed by atoms with E-state index in [2.05, 4.69) is 4.98 Å². The van der Waals surface area contributed by atoms with E-state index in [1.54, 1.807) is 18.2 Å². The van der Waals surface area contributed by atoms with Gasteiger partial charge in [-0.05, 0) is 12.1 Å². The molecule has 1 aromatic carbocycles. The van der Waals surface area contributed by atoms with Gasteiger partial charge in [-0.1, -0.05) is 0 Å². The summed E-state index contributed by atoms with van der Waals surface area (Å²) < 4.78 is 10.9. The zero-order valence-electron chi connectivity index (χ0n) is 8.93. The van der Waals surface area contributed by atoms with Gasteiger partial charge in [-0.25, -0.2) is 4.98 Å². The van der Waals surface area contributed by atoms with Crippen molar-refractivity contribution in [3.63, 3.8) is 0 Å². The first kappa shape index (κ1) is 9.73. The van der Waals surface area contributed by atoms with Gasteiger partial charge in [0.25, 0.3) is 0 Å². The number of aromatic nitrogens is 1. The first-order chi connectivity index (χ1) is 8.28. The number of rotatable bonds is 0. The molecule has 0 spiro atoms. The number of hydrogen-bond acceptors (Lipinski definition) is 5. The number of nitrogens with zero attached hydrogens (tertiary/aromatic N) is 2. The van der Waals surface area contributed by atoms with Crippen molar-refractivity contribution >= 4 is 16.6 Å². The normalized spacial score (nSPS) is 13.4. The van der Waals surface area contributed by atoms with E-state index >= 15 is 0 Å². The summed E-state index contributed by atoms with van der Waals surface area (Å²) in [5.41, 5.74) is 7.34. The van der Waals surface area contributed by atoms with Crippen molar-refractivity contribution in [3.05, 3.63) is 23.9 Å². The molecule has 0 radical (unpaired) electrons. The van der Waals surface area contributed by atoms with E-state index in [1.165, 1.54) is 0 Å². The smallest absolute Gasteiger partial charge is 0.163 e. The molecule has 2 aromatic rings. The highest BCUT2D eigenvalue weighted by Gasteiger charge is 2.14. The van der Waals surface area contributed by atoms with E-state index in [1.807, 2.05) is 6.07 Å². The molecule has 84 valence electrons. The summed E-state index contributed by atoms with van der Waals surface area (Å²) in [6, 6.07) is 7.08. The molecule has 0 bridgehead atoms. The molecule has 2 heterocycles. The van der Waals surface area contributed by atoms with E-state index in [4.69, 9.17) is 20.5 Å². The number of fused-ring (bicyclic) bond motifs is 2. The summed E-state index contributed by atoms with van der Waals surface area (Å²) in [5, 5.41) is 9.61. The van der Waals surface area contributed by atoms with Crippen LogP contribution in [0.15, 0.2) is 18.2 Å². The van der Waals surface area contributed by atoms with E-state index in [9.17, 15) is 0 Å². The summed E-state index contributed by atoms with van der Waals surface area (Å²) in [6.07, 6.45) is 0. The molecule has 0 fully saturated rings. The molecule has 5 heteroatoms. The third-order valence-electron chi connectivity index (χ3n) is 2.62. The lowest BCUT2D eigenvalue weighted by atomic mass is 10.1. The number of nitriles is 1. The molecule has 1 aromatic heterocycles. The van der Waals surface area contributed by atoms with Crippen LogP contribution in [0.3, 0.4) is 0 Å². The molecule has 1 aliphatic rings. The lowest BCUT2D eigenvalue weighted by Crippen LogP contribution is -2.15. The fraction of sp³-hybridized carbons (Fsp3) is 0.167. The third-order valence-corrected chi connectivity index (χ3v) is 2.62. The highest BCUT2D eigenvalue weighted by atomic mass is 16.6. The quantitative estimate of drug-likeness (QED) is 0.736. The molecular formula is C12H9N3O2. The molecule has 0 saturated carbocycles. The molecular weight excluding hydrogens is 218 g/mol. The van der Waals surface area contributed by atoms with Gasteiger partial charge in [0.1, 0.15) is 25.0 Å². The molecule has 2 N–H and O–H groups in total. The number of benzene rings is 1. The van der Waals surface area contributed by atoms with Crippen LogP contribution in [-0.2, 0) is 0 Å². The minimum atomic E-state index is 0.298. The van der Waals surface area contributed by atoms with E-state index in [0.29, 0.717) is 41.6 Å². The fourth-order valence-corrected chi connectivity index (χ4v) is 1.85. The molecule has 0 unspecified atom stereocenters. The summed E-state index contributed by atoms with van der Waals surface area (Å²) in [5.74, 6) is 1.31. The Bertz CT molecular complexity index is 646. The fourth-order valence-electron chi connectivity index (χ4n) is 1.85. The van der Waals surface area contributed by atoms with Crippen molar-refractivity contribution in [1.82, 2.24) is 4.98 Å². The van der Waals surface area contributed by atoms with Gasteiger partial charge in [-0.3, -0.25) is 0 Å². The Balaban J connectivity index is 2.30. The van der Waals surface area contributed by atoms with Gasteiger partial charge in [0.2, 0.25) is 0 Å². The highest BCUT2D eigenvalue weighted by Crippen LogP contribution is 2.35. The second kappa shape index (κ2) is 3.52. The average Bonchev–Trinajstić information content (AvgIpc) is 2.36. The third kappa shape index (κ3) is 1.51. The Labute approximate surface area is 97.4 Å². The average molecular weight is 227 g/mol. The minimum absolute atomic E-state index is 0.298. The molecule has 0 amide bonds. The van der Waals surface area contributed by atoms with Crippen molar-refractivity contribution in [1.29, 1.82) is 5.26 Å². The molecule has 0 saturated heterocycles. The zero-order chi connectivity index (χ0) is 11.8. The Morgan fingerprint density at radius 2 is 1.88 bits per heavy atom. The van der Waals surface area contributed by atoms with Gasteiger partial charge >= 0.3 is 0 Å². The largest absolute Gasteiger partial charge is 0.486 e. The van der Waals surface area contributed by atoms with Gasteiger partial charge in [0, 0.05) is 17.1 Å². The second-order valence-electron chi connectivity index (χ2n) is 3.72. The van der Waals surface area contributed by atoms with Crippen LogP contribution in [0.25, 0.3) is 10.9 Å². The number of nitrogen functional groups attached to an aromatic ring is 1. The number of nitrogens with two attached hydrogens (primary N) is 1. The van der Waals surface area contributed by atoms with Gasteiger partial charge < -0.3 is 15.2 Å².